The maximum atomic E-state index is 4.28. The Balaban J connectivity index is 0.000000163. The van der Waals surface area contributed by atoms with Crippen molar-refractivity contribution in [2.45, 2.75) is 20.8 Å². The fourth-order valence-corrected chi connectivity index (χ4v) is 3.77. The van der Waals surface area contributed by atoms with Gasteiger partial charge >= 0.3 is 0 Å². The predicted molar refractivity (Wildman–Crippen MR) is 163 cm³/mol. The smallest absolute Gasteiger partial charge is 0.0701 e. The molecule has 0 fully saturated rings. The van der Waals surface area contributed by atoms with E-state index < -0.39 is 0 Å². The predicted octanol–water partition coefficient (Wildman–Crippen LogP) is 9.17. The Morgan fingerprint density at radius 2 is 0.575 bits per heavy atom. The third-order valence-corrected chi connectivity index (χ3v) is 6.04. The normalized spacial score (nSPS) is 9.68. The Morgan fingerprint density at radius 3 is 0.775 bits per heavy atom. The molecule has 0 aliphatic rings. The molecule has 0 atom stereocenters. The van der Waals surface area contributed by atoms with Crippen LogP contribution in [0.5, 0.6) is 0 Å². The van der Waals surface area contributed by atoms with Gasteiger partial charge in [-0.25, -0.2) is 0 Å². The third-order valence-electron chi connectivity index (χ3n) is 6.04. The maximum Gasteiger partial charge on any atom is 0.0701 e. The summed E-state index contributed by atoms with van der Waals surface area (Å²) in [6.07, 6.45) is 5.44. The van der Waals surface area contributed by atoms with Crippen LogP contribution in [0.2, 0.25) is 0 Å². The van der Waals surface area contributed by atoms with Crippen molar-refractivity contribution in [1.29, 1.82) is 0 Å². The second-order valence-corrected chi connectivity index (χ2v) is 9.24. The first-order chi connectivity index (χ1) is 19.1. The molecule has 6 aromatic rings. The van der Waals surface area contributed by atoms with Gasteiger partial charge in [-0.3, -0.25) is 15.0 Å². The van der Waals surface area contributed by atoms with E-state index in [1.807, 2.05) is 73.2 Å². The molecule has 6 rings (SSSR count). The topological polar surface area (TPSA) is 38.7 Å². The standard InChI is InChI=1S/3C12H11N.Ru/c3*1-10-5-7-11(8-6-10)12-4-2-3-9-13-12;/h3*2-9H,1H3;. The largest absolute Gasteiger partial charge is 0.256 e. The van der Waals surface area contributed by atoms with Gasteiger partial charge in [0.25, 0.3) is 0 Å². The van der Waals surface area contributed by atoms with Crippen molar-refractivity contribution < 1.29 is 19.5 Å². The van der Waals surface area contributed by atoms with Gasteiger partial charge in [-0.15, -0.1) is 0 Å². The zero-order chi connectivity index (χ0) is 27.3. The van der Waals surface area contributed by atoms with Crippen LogP contribution >= 0.6 is 0 Å². The molecule has 3 aromatic heterocycles. The summed E-state index contributed by atoms with van der Waals surface area (Å²) in [5.74, 6) is 0. The van der Waals surface area contributed by atoms with Crippen molar-refractivity contribution in [1.82, 2.24) is 15.0 Å². The molecule has 0 bridgehead atoms. The van der Waals surface area contributed by atoms with Crippen molar-refractivity contribution in [3.63, 3.8) is 0 Å². The van der Waals surface area contributed by atoms with E-state index in [9.17, 15) is 0 Å². The van der Waals surface area contributed by atoms with Crippen molar-refractivity contribution in [2.24, 2.45) is 0 Å². The van der Waals surface area contributed by atoms with Gasteiger partial charge in [0.05, 0.1) is 17.1 Å². The summed E-state index contributed by atoms with van der Waals surface area (Å²) in [6, 6.07) is 43.0. The number of nitrogens with zero attached hydrogens (tertiary/aromatic N) is 3. The Kier molecular flexibility index (Phi) is 12.1. The molecule has 0 unspecified atom stereocenters. The van der Waals surface area contributed by atoms with Gasteiger partial charge in [0.1, 0.15) is 0 Å². The van der Waals surface area contributed by atoms with Crippen LogP contribution in [-0.2, 0) is 19.5 Å². The summed E-state index contributed by atoms with van der Waals surface area (Å²) in [4.78, 5) is 12.8. The Hall–Kier alpha value is -4.27. The quantitative estimate of drug-likeness (QED) is 0.188. The molecule has 0 N–H and O–H groups in total. The molecule has 0 amide bonds. The maximum absolute atomic E-state index is 4.28. The van der Waals surface area contributed by atoms with Crippen LogP contribution in [0.1, 0.15) is 16.7 Å². The number of rotatable bonds is 3. The first-order valence-electron chi connectivity index (χ1n) is 13.0. The molecule has 4 heteroatoms. The van der Waals surface area contributed by atoms with Crippen LogP contribution in [-0.4, -0.2) is 15.0 Å². The molecule has 0 radical (unpaired) electrons. The molecule has 40 heavy (non-hydrogen) atoms. The van der Waals surface area contributed by atoms with Gasteiger partial charge in [0.2, 0.25) is 0 Å². The van der Waals surface area contributed by atoms with Crippen LogP contribution in [0.15, 0.2) is 146 Å². The molecule has 0 aliphatic heterocycles. The number of aromatic nitrogens is 3. The van der Waals surface area contributed by atoms with Gasteiger partial charge < -0.3 is 0 Å². The number of pyridine rings is 3. The summed E-state index contributed by atoms with van der Waals surface area (Å²) in [6.45, 7) is 6.26. The fraction of sp³-hybridized carbons (Fsp3) is 0.0833. The van der Waals surface area contributed by atoms with Crippen LogP contribution in [0.3, 0.4) is 0 Å². The van der Waals surface area contributed by atoms with E-state index in [0.29, 0.717) is 0 Å². The van der Waals surface area contributed by atoms with Crippen molar-refractivity contribution in [3.8, 4) is 33.8 Å². The van der Waals surface area contributed by atoms with Crippen LogP contribution in [0, 0.1) is 20.8 Å². The molecule has 0 saturated carbocycles. The van der Waals surface area contributed by atoms with Crippen LogP contribution in [0.25, 0.3) is 33.8 Å². The summed E-state index contributed by atoms with van der Waals surface area (Å²) in [7, 11) is 0. The van der Waals surface area contributed by atoms with E-state index in [4.69, 9.17) is 0 Å². The zero-order valence-electron chi connectivity index (χ0n) is 23.1. The van der Waals surface area contributed by atoms with E-state index in [2.05, 4.69) is 109 Å². The molecule has 200 valence electrons. The summed E-state index contributed by atoms with van der Waals surface area (Å²) < 4.78 is 0. The van der Waals surface area contributed by atoms with E-state index in [0.717, 1.165) is 17.1 Å². The van der Waals surface area contributed by atoms with E-state index in [1.165, 1.54) is 33.4 Å². The van der Waals surface area contributed by atoms with Crippen molar-refractivity contribution in [3.05, 3.63) is 163 Å². The van der Waals surface area contributed by atoms with E-state index >= 15 is 0 Å². The molecule has 0 aliphatic carbocycles. The van der Waals surface area contributed by atoms with Gasteiger partial charge in [-0.05, 0) is 57.2 Å². The minimum atomic E-state index is 0. The fourth-order valence-electron chi connectivity index (χ4n) is 3.77. The Morgan fingerprint density at radius 1 is 0.325 bits per heavy atom. The summed E-state index contributed by atoms with van der Waals surface area (Å²) >= 11 is 0. The van der Waals surface area contributed by atoms with Gasteiger partial charge in [-0.2, -0.15) is 0 Å². The third kappa shape index (κ3) is 9.48. The monoisotopic (exact) mass is 609 g/mol. The van der Waals surface area contributed by atoms with Gasteiger partial charge in [0, 0.05) is 54.8 Å². The van der Waals surface area contributed by atoms with E-state index in [1.54, 1.807) is 0 Å². The van der Waals surface area contributed by atoms with Crippen molar-refractivity contribution in [2.75, 3.05) is 0 Å². The second kappa shape index (κ2) is 16.0. The van der Waals surface area contributed by atoms with Crippen LogP contribution in [0.4, 0.5) is 0 Å². The number of hydrogen-bond donors (Lipinski definition) is 0. The second-order valence-electron chi connectivity index (χ2n) is 9.24. The molecule has 0 spiro atoms. The van der Waals surface area contributed by atoms with Crippen molar-refractivity contribution >= 4 is 0 Å². The number of aryl methyl sites for hydroxylation is 3. The Labute approximate surface area is 250 Å². The first-order valence-corrected chi connectivity index (χ1v) is 13.0. The molecular weight excluding hydrogens is 575 g/mol. The average molecular weight is 609 g/mol. The van der Waals surface area contributed by atoms with Gasteiger partial charge in [0.15, 0.2) is 0 Å². The Bertz CT molecular complexity index is 1330. The van der Waals surface area contributed by atoms with Crippen LogP contribution < -0.4 is 0 Å². The summed E-state index contributed by atoms with van der Waals surface area (Å²) in [5.41, 5.74) is 10.4. The zero-order valence-corrected chi connectivity index (χ0v) is 24.8. The average Bonchev–Trinajstić information content (AvgIpc) is 3.00. The SMILES string of the molecule is Cc1ccc(-c2ccccn2)cc1.Cc1ccc(-c2ccccn2)cc1.Cc1ccc(-c2ccccn2)cc1.[Ru]. The van der Waals surface area contributed by atoms with Gasteiger partial charge in [-0.1, -0.05) is 108 Å². The van der Waals surface area contributed by atoms with E-state index in [-0.39, 0.29) is 19.5 Å². The molecule has 3 aromatic carbocycles. The minimum absolute atomic E-state index is 0. The first kappa shape index (κ1) is 30.3. The number of hydrogen-bond acceptors (Lipinski definition) is 3. The molecule has 3 nitrogen and oxygen atoms in total. The molecular formula is C36H33N3Ru. The minimum Gasteiger partial charge on any atom is -0.256 e. The molecule has 0 saturated heterocycles. The number of benzene rings is 3. The molecule has 3 heterocycles. The summed E-state index contributed by atoms with van der Waals surface area (Å²) in [5, 5.41) is 0.